The highest BCUT2D eigenvalue weighted by atomic mass is 32.1. The third-order valence-corrected chi connectivity index (χ3v) is 8.38. The number of benzene rings is 3. The third kappa shape index (κ3) is 4.91. The number of thiazole rings is 1. The highest BCUT2D eigenvalue weighted by molar-refractivity contribution is 7.22. The van der Waals surface area contributed by atoms with E-state index in [4.69, 9.17) is 19.2 Å². The third-order valence-electron chi connectivity index (χ3n) is 7.37. The first-order valence-electron chi connectivity index (χ1n) is 13.7. The molecule has 0 bridgehead atoms. The molecule has 1 aromatic heterocycles. The van der Waals surface area contributed by atoms with E-state index in [-0.39, 0.29) is 17.4 Å². The van der Waals surface area contributed by atoms with Crippen molar-refractivity contribution in [2.24, 2.45) is 0 Å². The quantitative estimate of drug-likeness (QED) is 0.113. The summed E-state index contributed by atoms with van der Waals surface area (Å²) in [6.07, 6.45) is 2.69. The second-order valence-electron chi connectivity index (χ2n) is 10.2. The molecule has 41 heavy (non-hydrogen) atoms. The summed E-state index contributed by atoms with van der Waals surface area (Å²) in [7, 11) is 1.59. The van der Waals surface area contributed by atoms with Crippen LogP contribution in [0, 0.1) is 0 Å². The molecule has 0 unspecified atom stereocenters. The molecule has 2 aliphatic heterocycles. The highest BCUT2D eigenvalue weighted by Gasteiger charge is 2.48. The van der Waals surface area contributed by atoms with Crippen molar-refractivity contribution in [3.8, 4) is 17.2 Å². The SMILES string of the molecule is CCCCOc1ccc([C@@H]2C(=C(O)c3ccc4c(c3)C[C@@H](C)O4)C(=O)C(=O)N2c2nc3ccc(OC)cc3s2)cc1. The fraction of sp³-hybridized carbons (Fsp3) is 0.281. The number of ketones is 1. The number of unbranched alkanes of at least 4 members (excludes halogenated alkanes) is 1. The van der Waals surface area contributed by atoms with Gasteiger partial charge in [-0.25, -0.2) is 4.98 Å². The van der Waals surface area contributed by atoms with E-state index >= 15 is 0 Å². The van der Waals surface area contributed by atoms with E-state index in [1.807, 2.05) is 49.4 Å². The zero-order valence-electron chi connectivity index (χ0n) is 23.0. The van der Waals surface area contributed by atoms with Gasteiger partial charge in [-0.1, -0.05) is 36.8 Å². The van der Waals surface area contributed by atoms with Crippen LogP contribution in [0.3, 0.4) is 0 Å². The van der Waals surface area contributed by atoms with Crippen LogP contribution < -0.4 is 19.1 Å². The average Bonchev–Trinajstić information content (AvgIpc) is 3.64. The summed E-state index contributed by atoms with van der Waals surface area (Å²) >= 11 is 1.29. The number of anilines is 1. The number of fused-ring (bicyclic) bond motifs is 2. The van der Waals surface area contributed by atoms with Gasteiger partial charge in [0.05, 0.1) is 35.5 Å². The van der Waals surface area contributed by atoms with Crippen molar-refractivity contribution >= 4 is 44.1 Å². The largest absolute Gasteiger partial charge is 0.507 e. The number of rotatable bonds is 8. The van der Waals surface area contributed by atoms with Crippen LogP contribution in [0.25, 0.3) is 16.0 Å². The molecule has 1 N–H and O–H groups in total. The smallest absolute Gasteiger partial charge is 0.301 e. The van der Waals surface area contributed by atoms with E-state index in [0.29, 0.717) is 46.3 Å². The van der Waals surface area contributed by atoms with E-state index in [1.54, 1.807) is 25.3 Å². The summed E-state index contributed by atoms with van der Waals surface area (Å²) < 4.78 is 17.8. The molecule has 8 nitrogen and oxygen atoms in total. The summed E-state index contributed by atoms with van der Waals surface area (Å²) in [6, 6.07) is 17.2. The van der Waals surface area contributed by atoms with Crippen LogP contribution in [-0.4, -0.2) is 41.6 Å². The predicted octanol–water partition coefficient (Wildman–Crippen LogP) is 6.43. The van der Waals surface area contributed by atoms with Gasteiger partial charge in [0.1, 0.15) is 29.1 Å². The summed E-state index contributed by atoms with van der Waals surface area (Å²) in [5, 5.41) is 11.9. The Labute approximate surface area is 241 Å². The van der Waals surface area contributed by atoms with Gasteiger partial charge in [-0.2, -0.15) is 0 Å². The maximum Gasteiger partial charge on any atom is 0.301 e. The molecule has 1 fully saturated rings. The number of carbonyl (C=O) groups excluding carboxylic acids is 2. The Kier molecular flexibility index (Phi) is 7.13. The first-order valence-corrected chi connectivity index (χ1v) is 14.5. The molecule has 0 aliphatic carbocycles. The molecule has 210 valence electrons. The van der Waals surface area contributed by atoms with E-state index < -0.39 is 17.7 Å². The summed E-state index contributed by atoms with van der Waals surface area (Å²) in [5.74, 6) is 0.374. The molecule has 9 heteroatoms. The number of aliphatic hydroxyl groups excluding tert-OH is 1. The van der Waals surface area contributed by atoms with Crippen molar-refractivity contribution in [3.05, 3.63) is 82.9 Å². The van der Waals surface area contributed by atoms with E-state index in [0.717, 1.165) is 28.9 Å². The number of Topliss-reactive ketones (excluding diaryl/α,β-unsaturated/α-hetero) is 1. The van der Waals surface area contributed by atoms with Crippen molar-refractivity contribution in [3.63, 3.8) is 0 Å². The van der Waals surface area contributed by atoms with Gasteiger partial charge in [0.25, 0.3) is 5.78 Å². The fourth-order valence-electron chi connectivity index (χ4n) is 5.27. The fourth-order valence-corrected chi connectivity index (χ4v) is 6.29. The Balaban J connectivity index is 1.47. The maximum absolute atomic E-state index is 13.6. The summed E-state index contributed by atoms with van der Waals surface area (Å²) in [5.41, 5.74) is 2.75. The summed E-state index contributed by atoms with van der Waals surface area (Å²) in [6.45, 7) is 4.68. The molecule has 3 aromatic carbocycles. The van der Waals surface area contributed by atoms with Crippen LogP contribution in [-0.2, 0) is 16.0 Å². The van der Waals surface area contributed by atoms with Gasteiger partial charge in [-0.15, -0.1) is 0 Å². The zero-order valence-corrected chi connectivity index (χ0v) is 23.9. The molecule has 6 rings (SSSR count). The lowest BCUT2D eigenvalue weighted by molar-refractivity contribution is -0.132. The van der Waals surface area contributed by atoms with Crippen molar-refractivity contribution in [1.29, 1.82) is 0 Å². The van der Waals surface area contributed by atoms with Gasteiger partial charge in [-0.05, 0) is 73.0 Å². The van der Waals surface area contributed by atoms with Gasteiger partial charge >= 0.3 is 5.91 Å². The molecule has 0 saturated carbocycles. The van der Waals surface area contributed by atoms with Crippen LogP contribution in [0.15, 0.2) is 66.2 Å². The van der Waals surface area contributed by atoms with Gasteiger partial charge in [-0.3, -0.25) is 14.5 Å². The van der Waals surface area contributed by atoms with Gasteiger partial charge in [0.15, 0.2) is 5.13 Å². The molecule has 1 saturated heterocycles. The molecule has 2 atom stereocenters. The minimum absolute atomic E-state index is 0.0124. The minimum Gasteiger partial charge on any atom is -0.507 e. The second kappa shape index (κ2) is 10.9. The van der Waals surface area contributed by atoms with Crippen molar-refractivity contribution in [2.75, 3.05) is 18.6 Å². The van der Waals surface area contributed by atoms with E-state index in [9.17, 15) is 14.7 Å². The van der Waals surface area contributed by atoms with Crippen LogP contribution in [0.4, 0.5) is 5.13 Å². The topological polar surface area (TPSA) is 98.2 Å². The number of aromatic nitrogens is 1. The number of hydrogen-bond acceptors (Lipinski definition) is 8. The number of aliphatic hydroxyl groups is 1. The zero-order chi connectivity index (χ0) is 28.7. The first kappa shape index (κ1) is 26.8. The maximum atomic E-state index is 13.6. The molecule has 4 aromatic rings. The molecule has 2 aliphatic rings. The normalized spacial score (nSPS) is 19.4. The Morgan fingerprint density at radius 2 is 1.88 bits per heavy atom. The molecular formula is C32H30N2O6S. The van der Waals surface area contributed by atoms with E-state index in [1.165, 1.54) is 16.2 Å². The van der Waals surface area contributed by atoms with Crippen molar-refractivity contribution in [2.45, 2.75) is 45.3 Å². The lowest BCUT2D eigenvalue weighted by Crippen LogP contribution is -2.29. The monoisotopic (exact) mass is 570 g/mol. The number of ether oxygens (including phenoxy) is 3. The Hall–Kier alpha value is -4.37. The molecule has 1 amide bonds. The van der Waals surface area contributed by atoms with Crippen LogP contribution in [0.5, 0.6) is 17.2 Å². The highest BCUT2D eigenvalue weighted by Crippen LogP contribution is 2.45. The van der Waals surface area contributed by atoms with Gasteiger partial charge < -0.3 is 19.3 Å². The van der Waals surface area contributed by atoms with Crippen molar-refractivity contribution in [1.82, 2.24) is 4.98 Å². The van der Waals surface area contributed by atoms with Gasteiger partial charge in [0.2, 0.25) is 0 Å². The molecular weight excluding hydrogens is 540 g/mol. The van der Waals surface area contributed by atoms with Gasteiger partial charge in [0, 0.05) is 12.0 Å². The van der Waals surface area contributed by atoms with Crippen molar-refractivity contribution < 1.29 is 28.9 Å². The number of carbonyl (C=O) groups is 2. The number of amides is 1. The lowest BCUT2D eigenvalue weighted by Gasteiger charge is -2.23. The Morgan fingerprint density at radius 1 is 1.10 bits per heavy atom. The summed E-state index contributed by atoms with van der Waals surface area (Å²) in [4.78, 5) is 33.3. The Morgan fingerprint density at radius 3 is 2.63 bits per heavy atom. The molecule has 0 spiro atoms. The van der Waals surface area contributed by atoms with Crippen LogP contribution in [0.1, 0.15) is 49.4 Å². The molecule has 0 radical (unpaired) electrons. The average molecular weight is 571 g/mol. The first-order chi connectivity index (χ1) is 19.9. The van der Waals surface area contributed by atoms with Crippen LogP contribution in [0.2, 0.25) is 0 Å². The standard InChI is InChI=1S/C32H30N2O6S/c1-4-5-14-39-22-9-6-19(7-10-22)28-27(29(35)20-8-13-25-21(16-20)15-18(2)40-25)30(36)31(37)34(28)32-33-24-12-11-23(38-3)17-26(24)41-32/h6-13,16-18,28,35H,4-5,14-15H2,1-3H3/t18-,28-/m1/s1. The lowest BCUT2D eigenvalue weighted by atomic mass is 9.94. The number of nitrogens with zero attached hydrogens (tertiary/aromatic N) is 2. The number of methoxy groups -OCH3 is 1. The van der Waals surface area contributed by atoms with E-state index in [2.05, 4.69) is 6.92 Å². The predicted molar refractivity (Wildman–Crippen MR) is 158 cm³/mol. The van der Waals surface area contributed by atoms with Crippen LogP contribution >= 0.6 is 11.3 Å². The second-order valence-corrected chi connectivity index (χ2v) is 11.2. The Bertz CT molecular complexity index is 1680. The molecule has 3 heterocycles. The number of hydrogen-bond donors (Lipinski definition) is 1. The minimum atomic E-state index is -0.884.